The molecule has 1 N–H and O–H groups in total. The van der Waals surface area contributed by atoms with Crippen molar-refractivity contribution >= 4 is 23.2 Å². The van der Waals surface area contributed by atoms with E-state index in [-0.39, 0.29) is 18.3 Å². The third-order valence-electron chi connectivity index (χ3n) is 3.44. The van der Waals surface area contributed by atoms with E-state index in [9.17, 15) is 9.18 Å². The SMILES string of the molecule is COc1c(F)cccc1[C@H]1OCC(=O)Nc2ccc(Cl)cc21. The average Bonchev–Trinajstić information content (AvgIpc) is 2.65. The minimum Gasteiger partial charge on any atom is -0.493 e. The largest absolute Gasteiger partial charge is 0.493 e. The molecular formula is C16H13ClFNO3. The molecule has 4 nitrogen and oxygen atoms in total. The monoisotopic (exact) mass is 321 g/mol. The zero-order valence-electron chi connectivity index (χ0n) is 11.7. The van der Waals surface area contributed by atoms with Crippen LogP contribution in [0, 0.1) is 5.82 Å². The van der Waals surface area contributed by atoms with Gasteiger partial charge in [0.1, 0.15) is 12.7 Å². The van der Waals surface area contributed by atoms with Crippen molar-refractivity contribution in [3.8, 4) is 5.75 Å². The molecule has 0 unspecified atom stereocenters. The van der Waals surface area contributed by atoms with Crippen molar-refractivity contribution in [2.75, 3.05) is 19.0 Å². The van der Waals surface area contributed by atoms with Gasteiger partial charge in [0, 0.05) is 21.8 Å². The molecule has 0 saturated carbocycles. The summed E-state index contributed by atoms with van der Waals surface area (Å²) in [6.07, 6.45) is -0.654. The highest BCUT2D eigenvalue weighted by Gasteiger charge is 2.27. The van der Waals surface area contributed by atoms with Crippen LogP contribution in [0.3, 0.4) is 0 Å². The van der Waals surface area contributed by atoms with E-state index in [0.29, 0.717) is 21.8 Å². The van der Waals surface area contributed by atoms with Gasteiger partial charge in [0.25, 0.3) is 0 Å². The van der Waals surface area contributed by atoms with Crippen molar-refractivity contribution in [3.63, 3.8) is 0 Å². The third-order valence-corrected chi connectivity index (χ3v) is 3.67. The van der Waals surface area contributed by atoms with Gasteiger partial charge >= 0.3 is 0 Å². The molecule has 3 rings (SSSR count). The van der Waals surface area contributed by atoms with Gasteiger partial charge in [-0.25, -0.2) is 4.39 Å². The molecular weight excluding hydrogens is 309 g/mol. The highest BCUT2D eigenvalue weighted by molar-refractivity contribution is 6.30. The number of anilines is 1. The van der Waals surface area contributed by atoms with Gasteiger partial charge in [-0.1, -0.05) is 23.7 Å². The summed E-state index contributed by atoms with van der Waals surface area (Å²) in [6.45, 7) is -0.142. The molecule has 1 aliphatic heterocycles. The summed E-state index contributed by atoms with van der Waals surface area (Å²) in [6, 6.07) is 9.64. The maximum absolute atomic E-state index is 13.9. The molecule has 0 fully saturated rings. The van der Waals surface area contributed by atoms with Gasteiger partial charge in [-0.15, -0.1) is 0 Å². The molecule has 0 bridgehead atoms. The van der Waals surface area contributed by atoms with E-state index in [1.54, 1.807) is 30.3 Å². The normalized spacial score (nSPS) is 17.4. The van der Waals surface area contributed by atoms with E-state index in [2.05, 4.69) is 5.32 Å². The van der Waals surface area contributed by atoms with Gasteiger partial charge in [-0.2, -0.15) is 0 Å². The van der Waals surface area contributed by atoms with Crippen molar-refractivity contribution in [2.24, 2.45) is 0 Å². The summed E-state index contributed by atoms with van der Waals surface area (Å²) in [5, 5.41) is 3.24. The smallest absolute Gasteiger partial charge is 0.250 e. The van der Waals surface area contributed by atoms with Crippen molar-refractivity contribution in [1.82, 2.24) is 0 Å². The zero-order chi connectivity index (χ0) is 15.7. The fourth-order valence-electron chi connectivity index (χ4n) is 2.50. The lowest BCUT2D eigenvalue weighted by Gasteiger charge is -2.20. The Morgan fingerprint density at radius 3 is 2.91 bits per heavy atom. The minimum atomic E-state index is -0.654. The number of fused-ring (bicyclic) bond motifs is 1. The lowest BCUT2D eigenvalue weighted by atomic mass is 9.98. The Morgan fingerprint density at radius 2 is 2.14 bits per heavy atom. The number of benzene rings is 2. The molecule has 1 amide bonds. The van der Waals surface area contributed by atoms with Crippen molar-refractivity contribution in [1.29, 1.82) is 0 Å². The zero-order valence-corrected chi connectivity index (χ0v) is 12.5. The molecule has 22 heavy (non-hydrogen) atoms. The highest BCUT2D eigenvalue weighted by atomic mass is 35.5. The fourth-order valence-corrected chi connectivity index (χ4v) is 2.68. The number of carbonyl (C=O) groups excluding carboxylic acids is 1. The maximum Gasteiger partial charge on any atom is 0.250 e. The van der Waals surface area contributed by atoms with Gasteiger partial charge in [-0.3, -0.25) is 4.79 Å². The molecule has 1 aliphatic rings. The van der Waals surface area contributed by atoms with E-state index in [1.165, 1.54) is 13.2 Å². The van der Waals surface area contributed by atoms with Crippen LogP contribution in [0.1, 0.15) is 17.2 Å². The predicted molar refractivity (Wildman–Crippen MR) is 80.8 cm³/mol. The van der Waals surface area contributed by atoms with Gasteiger partial charge in [0.15, 0.2) is 11.6 Å². The number of hydrogen-bond acceptors (Lipinski definition) is 3. The van der Waals surface area contributed by atoms with Gasteiger partial charge in [0.2, 0.25) is 5.91 Å². The van der Waals surface area contributed by atoms with Crippen LogP contribution in [-0.4, -0.2) is 19.6 Å². The number of rotatable bonds is 2. The van der Waals surface area contributed by atoms with Gasteiger partial charge < -0.3 is 14.8 Å². The first-order valence-electron chi connectivity index (χ1n) is 6.63. The van der Waals surface area contributed by atoms with E-state index in [4.69, 9.17) is 21.1 Å². The Bertz CT molecular complexity index is 735. The van der Waals surface area contributed by atoms with Crippen LogP contribution in [0.25, 0.3) is 0 Å². The van der Waals surface area contributed by atoms with Crippen LogP contribution < -0.4 is 10.1 Å². The summed E-state index contributed by atoms with van der Waals surface area (Å²) < 4.78 is 24.8. The Balaban J connectivity index is 2.17. The molecule has 1 heterocycles. The van der Waals surface area contributed by atoms with E-state index < -0.39 is 11.9 Å². The van der Waals surface area contributed by atoms with Crippen molar-refractivity contribution < 1.29 is 18.7 Å². The number of methoxy groups -OCH3 is 1. The first-order chi connectivity index (χ1) is 10.6. The van der Waals surface area contributed by atoms with Crippen LogP contribution in [0.5, 0.6) is 5.75 Å². The molecule has 1 atom stereocenters. The summed E-state index contributed by atoms with van der Waals surface area (Å²) in [4.78, 5) is 11.8. The Hall–Kier alpha value is -2.11. The second-order valence-electron chi connectivity index (χ2n) is 4.83. The van der Waals surface area contributed by atoms with E-state index >= 15 is 0 Å². The molecule has 2 aromatic rings. The summed E-state index contributed by atoms with van der Waals surface area (Å²) in [5.41, 5.74) is 1.74. The Kier molecular flexibility index (Phi) is 4.00. The topological polar surface area (TPSA) is 47.6 Å². The lowest BCUT2D eigenvalue weighted by Crippen LogP contribution is -2.15. The molecule has 0 spiro atoms. The summed E-state index contributed by atoms with van der Waals surface area (Å²) in [5.74, 6) is -0.676. The molecule has 0 aromatic heterocycles. The predicted octanol–water partition coefficient (Wildman–Crippen LogP) is 3.55. The summed E-state index contributed by atoms with van der Waals surface area (Å²) in [7, 11) is 1.39. The lowest BCUT2D eigenvalue weighted by molar-refractivity contribution is -0.121. The standard InChI is InChI=1S/C16H13ClFNO3/c1-21-16-10(3-2-4-12(16)18)15-11-7-9(17)5-6-13(11)19-14(20)8-22-15/h2-7,15H,8H2,1H3,(H,19,20)/t15-/m1/s1. The second-order valence-corrected chi connectivity index (χ2v) is 5.27. The second kappa shape index (κ2) is 5.94. The van der Waals surface area contributed by atoms with Crippen molar-refractivity contribution in [3.05, 3.63) is 58.4 Å². The third kappa shape index (κ3) is 2.65. The Morgan fingerprint density at radius 1 is 1.32 bits per heavy atom. The maximum atomic E-state index is 13.9. The van der Waals surface area contributed by atoms with Crippen LogP contribution in [0.15, 0.2) is 36.4 Å². The number of para-hydroxylation sites is 1. The van der Waals surface area contributed by atoms with E-state index in [1.807, 2.05) is 0 Å². The molecule has 6 heteroatoms. The number of amides is 1. The minimum absolute atomic E-state index is 0.0905. The van der Waals surface area contributed by atoms with Crippen molar-refractivity contribution in [2.45, 2.75) is 6.10 Å². The highest BCUT2D eigenvalue weighted by Crippen LogP contribution is 2.39. The first kappa shape index (κ1) is 14.8. The van der Waals surface area contributed by atoms with Crippen LogP contribution in [-0.2, 0) is 9.53 Å². The molecule has 0 saturated heterocycles. The fraction of sp³-hybridized carbons (Fsp3) is 0.188. The number of carbonyl (C=O) groups is 1. The average molecular weight is 322 g/mol. The quantitative estimate of drug-likeness (QED) is 0.920. The van der Waals surface area contributed by atoms with Crippen LogP contribution in [0.2, 0.25) is 5.02 Å². The number of halogens is 2. The molecule has 0 radical (unpaired) electrons. The van der Waals surface area contributed by atoms with Gasteiger partial charge in [-0.05, 0) is 24.3 Å². The van der Waals surface area contributed by atoms with Crippen LogP contribution in [0.4, 0.5) is 10.1 Å². The molecule has 114 valence electrons. The van der Waals surface area contributed by atoms with Gasteiger partial charge in [0.05, 0.1) is 7.11 Å². The number of nitrogens with one attached hydrogen (secondary N) is 1. The Labute approximate surface area is 131 Å². The molecule has 2 aromatic carbocycles. The van der Waals surface area contributed by atoms with Crippen LogP contribution >= 0.6 is 11.6 Å². The summed E-state index contributed by atoms with van der Waals surface area (Å²) >= 11 is 6.05. The number of ether oxygens (including phenoxy) is 2. The van der Waals surface area contributed by atoms with E-state index in [0.717, 1.165) is 0 Å². The molecule has 0 aliphatic carbocycles. The first-order valence-corrected chi connectivity index (χ1v) is 7.01. The number of hydrogen-bond donors (Lipinski definition) is 1.